The molecule has 0 saturated heterocycles. The summed E-state index contributed by atoms with van der Waals surface area (Å²) >= 11 is 3.22. The van der Waals surface area contributed by atoms with Gasteiger partial charge in [0, 0.05) is 6.07 Å². The van der Waals surface area contributed by atoms with Gasteiger partial charge in [0.2, 0.25) is 0 Å². The molecule has 0 aromatic heterocycles. The fourth-order valence-corrected chi connectivity index (χ4v) is 1.70. The summed E-state index contributed by atoms with van der Waals surface area (Å²) in [7, 11) is 0. The van der Waals surface area contributed by atoms with Crippen molar-refractivity contribution in [2.24, 2.45) is 0 Å². The molecule has 4 nitrogen and oxygen atoms in total. The summed E-state index contributed by atoms with van der Waals surface area (Å²) in [6.45, 7) is 0. The molecule has 0 bridgehead atoms. The summed E-state index contributed by atoms with van der Waals surface area (Å²) in [5.74, 6) is 1.29. The second-order valence-corrected chi connectivity index (χ2v) is 4.28. The highest BCUT2D eigenvalue weighted by Gasteiger charge is 2.05. The van der Waals surface area contributed by atoms with Gasteiger partial charge in [-0.1, -0.05) is 6.07 Å². The van der Waals surface area contributed by atoms with E-state index in [1.165, 1.54) is 6.07 Å². The van der Waals surface area contributed by atoms with E-state index in [2.05, 4.69) is 20.8 Å². The van der Waals surface area contributed by atoms with E-state index in [0.29, 0.717) is 21.5 Å². The van der Waals surface area contributed by atoms with Crippen LogP contribution in [0.15, 0.2) is 46.9 Å². The number of ether oxygens (including phenoxy) is 1. The highest BCUT2D eigenvalue weighted by atomic mass is 79.9. The number of rotatable bonds is 3. The summed E-state index contributed by atoms with van der Waals surface area (Å²) < 4.78 is 6.17. The number of halogens is 1. The third-order valence-electron chi connectivity index (χ3n) is 2.20. The monoisotopic (exact) mass is 305 g/mol. The van der Waals surface area contributed by atoms with Crippen LogP contribution in [-0.2, 0) is 0 Å². The van der Waals surface area contributed by atoms with E-state index in [9.17, 15) is 0 Å². The van der Waals surface area contributed by atoms with Gasteiger partial charge in [0.25, 0.3) is 0 Å². The van der Waals surface area contributed by atoms with E-state index >= 15 is 0 Å². The first kappa shape index (κ1) is 12.4. The Morgan fingerprint density at radius 3 is 2.61 bits per heavy atom. The van der Waals surface area contributed by atoms with Gasteiger partial charge in [0.15, 0.2) is 5.75 Å². The molecule has 18 heavy (non-hydrogen) atoms. The molecule has 1 N–H and O–H groups in total. The molecular formula is C13H8BrNO3. The number of hydrogen-bond acceptors (Lipinski definition) is 4. The van der Waals surface area contributed by atoms with Crippen molar-refractivity contribution in [1.82, 2.24) is 0 Å². The Morgan fingerprint density at radius 2 is 1.89 bits per heavy atom. The van der Waals surface area contributed by atoms with Crippen LogP contribution >= 0.6 is 15.9 Å². The van der Waals surface area contributed by atoms with E-state index in [-0.39, 0.29) is 5.75 Å². The molecule has 2 aromatic rings. The molecule has 0 spiro atoms. The zero-order valence-electron chi connectivity index (χ0n) is 9.13. The smallest absolute Gasteiger partial charge is 0.182 e. The summed E-state index contributed by atoms with van der Waals surface area (Å²) in [6, 6.07) is 13.8. The van der Waals surface area contributed by atoms with Crippen LogP contribution in [0.1, 0.15) is 5.56 Å². The molecular weight excluding hydrogens is 298 g/mol. The zero-order chi connectivity index (χ0) is 13.0. The van der Waals surface area contributed by atoms with Crippen molar-refractivity contribution in [1.29, 1.82) is 5.26 Å². The summed E-state index contributed by atoms with van der Waals surface area (Å²) in [4.78, 5) is 4.19. The molecule has 2 aromatic carbocycles. The molecule has 0 radical (unpaired) electrons. The van der Waals surface area contributed by atoms with E-state index in [1.807, 2.05) is 6.07 Å². The minimum absolute atomic E-state index is 0.254. The first-order valence-corrected chi connectivity index (χ1v) is 5.81. The highest BCUT2D eigenvalue weighted by molar-refractivity contribution is 9.10. The van der Waals surface area contributed by atoms with Crippen LogP contribution in [0.2, 0.25) is 0 Å². The lowest BCUT2D eigenvalue weighted by molar-refractivity contribution is -0.138. The van der Waals surface area contributed by atoms with Crippen molar-refractivity contribution in [3.63, 3.8) is 0 Å². The number of nitrogens with zero attached hydrogens (tertiary/aromatic N) is 1. The zero-order valence-corrected chi connectivity index (χ0v) is 10.7. The van der Waals surface area contributed by atoms with Gasteiger partial charge in [-0.3, -0.25) is 0 Å². The van der Waals surface area contributed by atoms with Gasteiger partial charge in [-0.05, 0) is 46.3 Å². The van der Waals surface area contributed by atoms with Crippen molar-refractivity contribution in [2.75, 3.05) is 0 Å². The van der Waals surface area contributed by atoms with Gasteiger partial charge in [0.05, 0.1) is 16.1 Å². The minimum atomic E-state index is 0.254. The lowest BCUT2D eigenvalue weighted by atomic mass is 10.2. The lowest BCUT2D eigenvalue weighted by Gasteiger charge is -2.07. The molecule has 0 aliphatic carbocycles. The van der Waals surface area contributed by atoms with Crippen LogP contribution in [0.25, 0.3) is 0 Å². The van der Waals surface area contributed by atoms with E-state index < -0.39 is 0 Å². The van der Waals surface area contributed by atoms with E-state index in [0.717, 1.165) is 0 Å². The van der Waals surface area contributed by atoms with Crippen LogP contribution < -0.4 is 9.62 Å². The van der Waals surface area contributed by atoms with Gasteiger partial charge in [-0.25, -0.2) is 5.26 Å². The number of benzene rings is 2. The highest BCUT2D eigenvalue weighted by Crippen LogP contribution is 2.31. The first-order chi connectivity index (χ1) is 8.72. The number of nitriles is 1. The van der Waals surface area contributed by atoms with Crippen LogP contribution in [0.4, 0.5) is 0 Å². The Labute approximate surface area is 112 Å². The van der Waals surface area contributed by atoms with E-state index in [4.69, 9.17) is 15.3 Å². The van der Waals surface area contributed by atoms with Crippen molar-refractivity contribution >= 4 is 15.9 Å². The Hall–Kier alpha value is -2.03. The third-order valence-corrected chi connectivity index (χ3v) is 2.85. The molecule has 5 heteroatoms. The largest absolute Gasteiger partial charge is 0.457 e. The maximum Gasteiger partial charge on any atom is 0.182 e. The third kappa shape index (κ3) is 2.80. The Morgan fingerprint density at radius 1 is 1.11 bits per heavy atom. The average Bonchev–Trinajstić information content (AvgIpc) is 2.41. The predicted octanol–water partition coefficient (Wildman–Crippen LogP) is 3.96. The van der Waals surface area contributed by atoms with Crippen LogP contribution in [0.5, 0.6) is 17.2 Å². The molecule has 2 rings (SSSR count). The molecule has 0 fully saturated rings. The molecule has 90 valence electrons. The summed E-state index contributed by atoms with van der Waals surface area (Å²) in [6.07, 6.45) is 0. The topological polar surface area (TPSA) is 62.5 Å². The Bertz CT molecular complexity index is 607. The normalized spacial score (nSPS) is 9.61. The van der Waals surface area contributed by atoms with Gasteiger partial charge < -0.3 is 9.62 Å². The minimum Gasteiger partial charge on any atom is -0.457 e. The fraction of sp³-hybridized carbons (Fsp3) is 0. The predicted molar refractivity (Wildman–Crippen MR) is 68.6 cm³/mol. The summed E-state index contributed by atoms with van der Waals surface area (Å²) in [5.41, 5.74) is 0.517. The number of hydrogen-bond donors (Lipinski definition) is 1. The Kier molecular flexibility index (Phi) is 3.82. The van der Waals surface area contributed by atoms with Gasteiger partial charge in [-0.15, -0.1) is 0 Å². The fourth-order valence-electron chi connectivity index (χ4n) is 1.38. The molecule has 0 atom stereocenters. The molecule has 0 aliphatic rings. The molecule has 0 aliphatic heterocycles. The first-order valence-electron chi connectivity index (χ1n) is 5.02. The van der Waals surface area contributed by atoms with Gasteiger partial charge >= 0.3 is 0 Å². The molecule has 0 saturated carbocycles. The van der Waals surface area contributed by atoms with Crippen molar-refractivity contribution in [3.8, 4) is 23.3 Å². The van der Waals surface area contributed by atoms with Crippen molar-refractivity contribution < 1.29 is 14.9 Å². The van der Waals surface area contributed by atoms with Gasteiger partial charge in [-0.2, -0.15) is 5.26 Å². The van der Waals surface area contributed by atoms with E-state index in [1.54, 1.807) is 36.4 Å². The Balaban J connectivity index is 2.26. The van der Waals surface area contributed by atoms with Crippen LogP contribution in [0, 0.1) is 11.3 Å². The molecule has 0 amide bonds. The lowest BCUT2D eigenvalue weighted by Crippen LogP contribution is -1.89. The maximum atomic E-state index is 8.78. The standard InChI is InChI=1S/C13H8BrNO3/c14-12-5-4-11(7-13(12)18-16)17-10-3-1-2-9(6-10)8-15/h1-7,16H. The second kappa shape index (κ2) is 5.54. The van der Waals surface area contributed by atoms with Crippen molar-refractivity contribution in [2.45, 2.75) is 0 Å². The molecule has 0 unspecified atom stereocenters. The SMILES string of the molecule is N#Cc1cccc(Oc2ccc(Br)c(OO)c2)c1. The van der Waals surface area contributed by atoms with Gasteiger partial charge in [0.1, 0.15) is 11.5 Å². The maximum absolute atomic E-state index is 8.78. The van der Waals surface area contributed by atoms with Crippen LogP contribution in [0.3, 0.4) is 0 Å². The quantitative estimate of drug-likeness (QED) is 0.688. The average molecular weight is 306 g/mol. The van der Waals surface area contributed by atoms with Crippen molar-refractivity contribution in [3.05, 3.63) is 52.5 Å². The second-order valence-electron chi connectivity index (χ2n) is 3.43. The van der Waals surface area contributed by atoms with Crippen LogP contribution in [-0.4, -0.2) is 5.26 Å². The molecule has 0 heterocycles. The summed E-state index contributed by atoms with van der Waals surface area (Å²) in [5, 5.41) is 17.4.